The third kappa shape index (κ3) is 3.30. The van der Waals surface area contributed by atoms with E-state index in [1.807, 2.05) is 11.3 Å². The molecule has 1 aromatic rings. The lowest BCUT2D eigenvalue weighted by atomic mass is 9.90. The van der Waals surface area contributed by atoms with Gasteiger partial charge in [0.25, 0.3) is 0 Å². The molecule has 1 unspecified atom stereocenters. The molecule has 0 bridgehead atoms. The van der Waals surface area contributed by atoms with Crippen molar-refractivity contribution in [1.29, 1.82) is 0 Å². The molecule has 1 aliphatic carbocycles. The third-order valence-corrected chi connectivity index (χ3v) is 4.89. The van der Waals surface area contributed by atoms with Crippen molar-refractivity contribution in [2.75, 3.05) is 7.05 Å². The van der Waals surface area contributed by atoms with Crippen LogP contribution in [0.4, 0.5) is 0 Å². The number of hydrogen-bond acceptors (Lipinski definition) is 3. The Morgan fingerprint density at radius 2 is 2.24 bits per heavy atom. The fourth-order valence-corrected chi connectivity index (χ4v) is 3.58. The van der Waals surface area contributed by atoms with Crippen molar-refractivity contribution in [1.82, 2.24) is 4.90 Å². The van der Waals surface area contributed by atoms with Gasteiger partial charge in [0.05, 0.1) is 6.10 Å². The van der Waals surface area contributed by atoms with Crippen LogP contribution in [0.1, 0.15) is 37.5 Å². The standard InChI is InChI=1S/C14H23NOS/c1-11(10-12-6-5-9-17-12)15(2)13-7-3-4-8-14(13)16/h5-6,9,11,13-14,16H,3-4,7-8,10H2,1-2H3/t11?,13-,14-/m1/s1. The Balaban J connectivity index is 1.91. The van der Waals surface area contributed by atoms with Crippen molar-refractivity contribution >= 4 is 11.3 Å². The van der Waals surface area contributed by atoms with Gasteiger partial charge in [0.15, 0.2) is 0 Å². The Labute approximate surface area is 108 Å². The van der Waals surface area contributed by atoms with Gasteiger partial charge in [-0.25, -0.2) is 0 Å². The van der Waals surface area contributed by atoms with Crippen LogP contribution >= 0.6 is 11.3 Å². The summed E-state index contributed by atoms with van der Waals surface area (Å²) in [4.78, 5) is 3.82. The number of aliphatic hydroxyl groups excluding tert-OH is 1. The minimum absolute atomic E-state index is 0.125. The van der Waals surface area contributed by atoms with Crippen molar-refractivity contribution in [3.05, 3.63) is 22.4 Å². The molecule has 0 aliphatic heterocycles. The van der Waals surface area contributed by atoms with Gasteiger partial charge in [-0.05, 0) is 44.7 Å². The zero-order chi connectivity index (χ0) is 12.3. The minimum atomic E-state index is -0.125. The van der Waals surface area contributed by atoms with E-state index in [1.165, 1.54) is 17.7 Å². The molecule has 1 aromatic heterocycles. The molecule has 96 valence electrons. The number of likely N-dealkylation sites (N-methyl/N-ethyl adjacent to an activating group) is 1. The van der Waals surface area contributed by atoms with Crippen LogP contribution in [-0.4, -0.2) is 35.2 Å². The van der Waals surface area contributed by atoms with Gasteiger partial charge in [0, 0.05) is 17.0 Å². The van der Waals surface area contributed by atoms with Crippen LogP contribution in [0.5, 0.6) is 0 Å². The van der Waals surface area contributed by atoms with E-state index >= 15 is 0 Å². The van der Waals surface area contributed by atoms with E-state index in [4.69, 9.17) is 0 Å². The van der Waals surface area contributed by atoms with Crippen molar-refractivity contribution in [2.45, 2.75) is 57.2 Å². The van der Waals surface area contributed by atoms with Gasteiger partial charge < -0.3 is 5.11 Å². The molecule has 0 aromatic carbocycles. The number of thiophene rings is 1. The SMILES string of the molecule is CC(Cc1cccs1)N(C)[C@@H]1CCCC[C@H]1O. The number of nitrogens with zero attached hydrogens (tertiary/aromatic N) is 1. The predicted octanol–water partition coefficient (Wildman–Crippen LogP) is 2.91. The average Bonchev–Trinajstić information content (AvgIpc) is 2.81. The van der Waals surface area contributed by atoms with Gasteiger partial charge >= 0.3 is 0 Å². The lowest BCUT2D eigenvalue weighted by molar-refractivity contribution is 0.0161. The van der Waals surface area contributed by atoms with Crippen molar-refractivity contribution in [3.8, 4) is 0 Å². The van der Waals surface area contributed by atoms with E-state index in [9.17, 15) is 5.11 Å². The maximum absolute atomic E-state index is 10.1. The number of aliphatic hydroxyl groups is 1. The lowest BCUT2D eigenvalue weighted by Crippen LogP contribution is -2.47. The fraction of sp³-hybridized carbons (Fsp3) is 0.714. The van der Waals surface area contributed by atoms with Crippen LogP contribution in [0.15, 0.2) is 17.5 Å². The first-order valence-corrected chi connectivity index (χ1v) is 7.49. The van der Waals surface area contributed by atoms with E-state index in [2.05, 4.69) is 36.4 Å². The van der Waals surface area contributed by atoms with Crippen LogP contribution in [0.3, 0.4) is 0 Å². The van der Waals surface area contributed by atoms with Crippen molar-refractivity contribution in [2.24, 2.45) is 0 Å². The van der Waals surface area contributed by atoms with Gasteiger partial charge in [-0.3, -0.25) is 4.90 Å². The molecule has 2 rings (SSSR count). The minimum Gasteiger partial charge on any atom is -0.391 e. The molecule has 1 N–H and O–H groups in total. The molecule has 3 heteroatoms. The Morgan fingerprint density at radius 1 is 1.47 bits per heavy atom. The zero-order valence-electron chi connectivity index (χ0n) is 10.8. The van der Waals surface area contributed by atoms with Crippen LogP contribution in [0.2, 0.25) is 0 Å². The summed E-state index contributed by atoms with van der Waals surface area (Å²) in [6.07, 6.45) is 5.53. The van der Waals surface area contributed by atoms with Crippen LogP contribution in [0, 0.1) is 0 Å². The Morgan fingerprint density at radius 3 is 2.88 bits per heavy atom. The van der Waals surface area contributed by atoms with E-state index in [-0.39, 0.29) is 6.10 Å². The average molecular weight is 253 g/mol. The van der Waals surface area contributed by atoms with Crippen LogP contribution in [-0.2, 0) is 6.42 Å². The maximum Gasteiger partial charge on any atom is 0.0695 e. The van der Waals surface area contributed by atoms with Gasteiger partial charge in [-0.15, -0.1) is 11.3 Å². The van der Waals surface area contributed by atoms with E-state index in [0.717, 1.165) is 19.3 Å². The molecule has 1 heterocycles. The molecule has 0 spiro atoms. The largest absolute Gasteiger partial charge is 0.391 e. The Hall–Kier alpha value is -0.380. The quantitative estimate of drug-likeness (QED) is 0.892. The summed E-state index contributed by atoms with van der Waals surface area (Å²) >= 11 is 1.83. The van der Waals surface area contributed by atoms with Crippen molar-refractivity contribution in [3.63, 3.8) is 0 Å². The molecule has 1 aliphatic rings. The fourth-order valence-electron chi connectivity index (χ4n) is 2.76. The Kier molecular flexibility index (Phi) is 4.60. The lowest BCUT2D eigenvalue weighted by Gasteiger charge is -2.38. The smallest absolute Gasteiger partial charge is 0.0695 e. The first-order chi connectivity index (χ1) is 8.18. The molecular weight excluding hydrogens is 230 g/mol. The summed E-state index contributed by atoms with van der Waals surface area (Å²) in [6, 6.07) is 5.18. The van der Waals surface area contributed by atoms with E-state index in [1.54, 1.807) is 0 Å². The summed E-state index contributed by atoms with van der Waals surface area (Å²) in [6.45, 7) is 2.26. The first-order valence-electron chi connectivity index (χ1n) is 6.61. The van der Waals surface area contributed by atoms with Gasteiger partial charge in [0.1, 0.15) is 0 Å². The van der Waals surface area contributed by atoms with E-state index in [0.29, 0.717) is 12.1 Å². The molecule has 0 radical (unpaired) electrons. The summed E-state index contributed by atoms with van der Waals surface area (Å²) in [5.74, 6) is 0. The zero-order valence-corrected chi connectivity index (χ0v) is 11.6. The Bertz CT molecular complexity index is 325. The van der Waals surface area contributed by atoms with Gasteiger partial charge in [-0.2, -0.15) is 0 Å². The molecule has 1 saturated carbocycles. The number of hydrogen-bond donors (Lipinski definition) is 1. The monoisotopic (exact) mass is 253 g/mol. The highest BCUT2D eigenvalue weighted by Crippen LogP contribution is 2.25. The molecule has 17 heavy (non-hydrogen) atoms. The molecule has 1 fully saturated rings. The maximum atomic E-state index is 10.1. The molecular formula is C14H23NOS. The predicted molar refractivity (Wildman–Crippen MR) is 73.5 cm³/mol. The van der Waals surface area contributed by atoms with E-state index < -0.39 is 0 Å². The summed E-state index contributed by atoms with van der Waals surface area (Å²) in [7, 11) is 2.16. The second kappa shape index (κ2) is 5.98. The summed E-state index contributed by atoms with van der Waals surface area (Å²) < 4.78 is 0. The highest BCUT2D eigenvalue weighted by molar-refractivity contribution is 7.09. The van der Waals surface area contributed by atoms with Gasteiger partial charge in [0.2, 0.25) is 0 Å². The normalized spacial score (nSPS) is 27.3. The first kappa shape index (κ1) is 13.1. The van der Waals surface area contributed by atoms with Crippen LogP contribution < -0.4 is 0 Å². The highest BCUT2D eigenvalue weighted by atomic mass is 32.1. The molecule has 0 amide bonds. The summed E-state index contributed by atoms with van der Waals surface area (Å²) in [5.41, 5.74) is 0. The third-order valence-electron chi connectivity index (χ3n) is 3.99. The number of rotatable bonds is 4. The topological polar surface area (TPSA) is 23.5 Å². The molecule has 0 saturated heterocycles. The van der Waals surface area contributed by atoms with Crippen molar-refractivity contribution < 1.29 is 5.11 Å². The molecule has 3 atom stereocenters. The second-order valence-electron chi connectivity index (χ2n) is 5.22. The highest BCUT2D eigenvalue weighted by Gasteiger charge is 2.28. The van der Waals surface area contributed by atoms with Crippen LogP contribution in [0.25, 0.3) is 0 Å². The molecule has 2 nitrogen and oxygen atoms in total. The second-order valence-corrected chi connectivity index (χ2v) is 6.25. The summed E-state index contributed by atoms with van der Waals surface area (Å²) in [5, 5.41) is 12.2. The van der Waals surface area contributed by atoms with Gasteiger partial charge in [-0.1, -0.05) is 18.9 Å².